The molecule has 0 saturated carbocycles. The lowest BCUT2D eigenvalue weighted by atomic mass is 10.2. The molecular weight excluding hydrogens is 308 g/mol. The lowest BCUT2D eigenvalue weighted by molar-refractivity contribution is -0.118. The van der Waals surface area contributed by atoms with Crippen LogP contribution in [0, 0.1) is 0 Å². The number of amides is 1. The molecule has 2 aromatic rings. The number of para-hydroxylation sites is 1. The maximum atomic E-state index is 11.8. The van der Waals surface area contributed by atoms with Crippen molar-refractivity contribution in [2.24, 2.45) is 5.73 Å². The smallest absolute Gasteiger partial charge is 0.262 e. The number of anilines is 1. The molecule has 21 heavy (non-hydrogen) atoms. The molecule has 0 aromatic heterocycles. The Morgan fingerprint density at radius 2 is 1.95 bits per heavy atom. The first-order chi connectivity index (χ1) is 10.1. The van der Waals surface area contributed by atoms with Gasteiger partial charge in [-0.1, -0.05) is 42.0 Å². The molecule has 0 saturated heterocycles. The maximum Gasteiger partial charge on any atom is 0.262 e. The minimum atomic E-state index is -0.302. The van der Waals surface area contributed by atoms with Crippen molar-refractivity contribution in [3.8, 4) is 5.75 Å². The maximum absolute atomic E-state index is 11.8. The minimum Gasteiger partial charge on any atom is -0.484 e. The molecule has 0 unspecified atom stereocenters. The first kappa shape index (κ1) is 15.3. The van der Waals surface area contributed by atoms with Crippen molar-refractivity contribution in [1.82, 2.24) is 0 Å². The zero-order chi connectivity index (χ0) is 15.2. The molecule has 0 aliphatic carbocycles. The van der Waals surface area contributed by atoms with Crippen LogP contribution in [0.4, 0.5) is 5.69 Å². The van der Waals surface area contributed by atoms with E-state index in [4.69, 9.17) is 34.3 Å². The van der Waals surface area contributed by atoms with Gasteiger partial charge in [-0.3, -0.25) is 4.79 Å². The third-order valence-corrected chi connectivity index (χ3v) is 3.19. The molecule has 0 atom stereocenters. The Kier molecular flexibility index (Phi) is 5.14. The standard InChI is InChI=1S/C15H13ClN2O2S/c16-12-8-10(15(17)21)6-7-13(12)18-14(19)9-20-11-4-2-1-3-5-11/h1-8H,9H2,(H2,17,21)(H,18,19). The first-order valence-corrected chi connectivity index (χ1v) is 6.92. The fourth-order valence-electron chi connectivity index (χ4n) is 1.62. The first-order valence-electron chi connectivity index (χ1n) is 6.13. The fourth-order valence-corrected chi connectivity index (χ4v) is 1.98. The number of nitrogens with one attached hydrogen (secondary N) is 1. The number of hydrogen-bond donors (Lipinski definition) is 2. The van der Waals surface area contributed by atoms with Gasteiger partial charge < -0.3 is 15.8 Å². The summed E-state index contributed by atoms with van der Waals surface area (Å²) >= 11 is 10.9. The molecule has 2 rings (SSSR count). The summed E-state index contributed by atoms with van der Waals surface area (Å²) in [5, 5.41) is 3.04. The number of carbonyl (C=O) groups excluding carboxylic acids is 1. The molecule has 3 N–H and O–H groups in total. The van der Waals surface area contributed by atoms with Crippen LogP contribution in [0.25, 0.3) is 0 Å². The number of hydrogen-bond acceptors (Lipinski definition) is 3. The molecule has 0 heterocycles. The molecule has 2 aromatic carbocycles. The normalized spacial score (nSPS) is 9.95. The largest absolute Gasteiger partial charge is 0.484 e. The second kappa shape index (κ2) is 7.06. The molecule has 0 radical (unpaired) electrons. The average molecular weight is 321 g/mol. The molecule has 108 valence electrons. The van der Waals surface area contributed by atoms with E-state index in [-0.39, 0.29) is 17.5 Å². The average Bonchev–Trinajstić information content (AvgIpc) is 2.48. The van der Waals surface area contributed by atoms with Crippen LogP contribution in [0.2, 0.25) is 5.02 Å². The van der Waals surface area contributed by atoms with Crippen LogP contribution in [-0.2, 0) is 4.79 Å². The van der Waals surface area contributed by atoms with Gasteiger partial charge in [-0.15, -0.1) is 0 Å². The number of rotatable bonds is 5. The molecule has 6 heteroatoms. The van der Waals surface area contributed by atoms with Crippen LogP contribution >= 0.6 is 23.8 Å². The van der Waals surface area contributed by atoms with E-state index in [9.17, 15) is 4.79 Å². The minimum absolute atomic E-state index is 0.0998. The summed E-state index contributed by atoms with van der Waals surface area (Å²) in [6, 6.07) is 14.0. The fraction of sp³-hybridized carbons (Fsp3) is 0.0667. The van der Waals surface area contributed by atoms with E-state index in [1.54, 1.807) is 30.3 Å². The van der Waals surface area contributed by atoms with E-state index < -0.39 is 0 Å². The Bertz CT molecular complexity index is 662. The zero-order valence-corrected chi connectivity index (χ0v) is 12.6. The Hall–Kier alpha value is -2.11. The van der Waals surface area contributed by atoms with Gasteiger partial charge in [-0.25, -0.2) is 0 Å². The van der Waals surface area contributed by atoms with E-state index >= 15 is 0 Å². The quantitative estimate of drug-likeness (QED) is 0.831. The Labute approximate surface area is 132 Å². The zero-order valence-electron chi connectivity index (χ0n) is 11.0. The molecule has 1 amide bonds. The van der Waals surface area contributed by atoms with Crippen molar-refractivity contribution >= 4 is 40.4 Å². The van der Waals surface area contributed by atoms with Crippen molar-refractivity contribution in [1.29, 1.82) is 0 Å². The van der Waals surface area contributed by atoms with Gasteiger partial charge in [0, 0.05) is 5.56 Å². The number of benzene rings is 2. The van der Waals surface area contributed by atoms with E-state index in [0.717, 1.165) is 0 Å². The predicted octanol–water partition coefficient (Wildman–Crippen LogP) is 2.99. The van der Waals surface area contributed by atoms with Gasteiger partial charge in [0.25, 0.3) is 5.91 Å². The molecule has 0 fully saturated rings. The Morgan fingerprint density at radius 1 is 1.24 bits per heavy atom. The van der Waals surface area contributed by atoms with Crippen molar-refractivity contribution in [2.45, 2.75) is 0 Å². The van der Waals surface area contributed by atoms with Crippen LogP contribution in [0.1, 0.15) is 5.56 Å². The highest BCUT2D eigenvalue weighted by Crippen LogP contribution is 2.23. The lowest BCUT2D eigenvalue weighted by Gasteiger charge is -2.09. The number of halogens is 1. The van der Waals surface area contributed by atoms with Gasteiger partial charge >= 0.3 is 0 Å². The monoisotopic (exact) mass is 320 g/mol. The SMILES string of the molecule is NC(=S)c1ccc(NC(=O)COc2ccccc2)c(Cl)c1. The van der Waals surface area contributed by atoms with Crippen molar-refractivity contribution in [3.63, 3.8) is 0 Å². The van der Waals surface area contributed by atoms with Gasteiger partial charge in [0.05, 0.1) is 10.7 Å². The van der Waals surface area contributed by atoms with Crippen LogP contribution in [0.3, 0.4) is 0 Å². The molecule has 0 spiro atoms. The van der Waals surface area contributed by atoms with Gasteiger partial charge in [0.2, 0.25) is 0 Å². The number of nitrogens with two attached hydrogens (primary N) is 1. The summed E-state index contributed by atoms with van der Waals surface area (Å²) in [5.74, 6) is 0.325. The molecule has 0 aliphatic heterocycles. The summed E-state index contributed by atoms with van der Waals surface area (Å²) in [6.45, 7) is -0.0998. The number of ether oxygens (including phenoxy) is 1. The topological polar surface area (TPSA) is 64.3 Å². The van der Waals surface area contributed by atoms with Gasteiger partial charge in [-0.2, -0.15) is 0 Å². The summed E-state index contributed by atoms with van der Waals surface area (Å²) in [5.41, 5.74) is 6.64. The highest BCUT2D eigenvalue weighted by Gasteiger charge is 2.08. The second-order valence-electron chi connectivity index (χ2n) is 4.21. The number of carbonyl (C=O) groups is 1. The lowest BCUT2D eigenvalue weighted by Crippen LogP contribution is -2.20. The van der Waals surface area contributed by atoms with Crippen molar-refractivity contribution in [3.05, 3.63) is 59.1 Å². The summed E-state index contributed by atoms with van der Waals surface area (Å²) in [4.78, 5) is 12.1. The van der Waals surface area contributed by atoms with Gasteiger partial charge in [-0.05, 0) is 30.3 Å². The van der Waals surface area contributed by atoms with Crippen molar-refractivity contribution < 1.29 is 9.53 Å². The Balaban J connectivity index is 1.95. The van der Waals surface area contributed by atoms with Crippen LogP contribution in [-0.4, -0.2) is 17.5 Å². The molecular formula is C15H13ClN2O2S. The van der Waals surface area contributed by atoms with E-state index in [0.29, 0.717) is 22.0 Å². The Morgan fingerprint density at radius 3 is 2.57 bits per heavy atom. The third kappa shape index (κ3) is 4.44. The van der Waals surface area contributed by atoms with Crippen molar-refractivity contribution in [2.75, 3.05) is 11.9 Å². The molecule has 4 nitrogen and oxygen atoms in total. The third-order valence-electron chi connectivity index (χ3n) is 2.64. The summed E-state index contributed by atoms with van der Waals surface area (Å²) in [6.07, 6.45) is 0. The number of thiocarbonyl (C=S) groups is 1. The highest BCUT2D eigenvalue weighted by molar-refractivity contribution is 7.80. The van der Waals surface area contributed by atoms with Crippen LogP contribution in [0.5, 0.6) is 5.75 Å². The summed E-state index contributed by atoms with van der Waals surface area (Å²) < 4.78 is 5.35. The molecule has 0 aliphatic rings. The van der Waals surface area contributed by atoms with Crippen LogP contribution in [0.15, 0.2) is 48.5 Å². The second-order valence-corrected chi connectivity index (χ2v) is 5.06. The van der Waals surface area contributed by atoms with Crippen LogP contribution < -0.4 is 15.8 Å². The predicted molar refractivity (Wildman–Crippen MR) is 87.9 cm³/mol. The van der Waals surface area contributed by atoms with E-state index in [1.165, 1.54) is 0 Å². The highest BCUT2D eigenvalue weighted by atomic mass is 35.5. The van der Waals surface area contributed by atoms with Gasteiger partial charge in [0.15, 0.2) is 6.61 Å². The summed E-state index contributed by atoms with van der Waals surface area (Å²) in [7, 11) is 0. The van der Waals surface area contributed by atoms with E-state index in [1.807, 2.05) is 18.2 Å². The van der Waals surface area contributed by atoms with E-state index in [2.05, 4.69) is 5.32 Å². The van der Waals surface area contributed by atoms with Gasteiger partial charge in [0.1, 0.15) is 10.7 Å². The molecule has 0 bridgehead atoms.